The monoisotopic (exact) mass is 108 g/mol. The summed E-state index contributed by atoms with van der Waals surface area (Å²) in [5, 5.41) is 14.5. The van der Waals surface area contributed by atoms with Gasteiger partial charge in [-0.3, -0.25) is 0 Å². The van der Waals surface area contributed by atoms with Crippen molar-refractivity contribution in [2.45, 2.75) is 6.92 Å². The first-order chi connectivity index (χ1) is 3.81. The van der Waals surface area contributed by atoms with Gasteiger partial charge in [0.1, 0.15) is 0 Å². The summed E-state index contributed by atoms with van der Waals surface area (Å²) in [5.41, 5.74) is 0. The number of rotatable bonds is 1. The molecule has 0 aliphatic rings. The maximum absolute atomic E-state index is 8.01. The Morgan fingerprint density at radius 2 is 2.12 bits per heavy atom. The minimum atomic E-state index is 0.00463. The molecule has 2 heteroatoms. The maximum atomic E-state index is 8.01. The number of hydrogen-bond acceptors (Lipinski definition) is 2. The van der Waals surface area contributed by atoms with Crippen molar-refractivity contribution in [3.63, 3.8) is 0 Å². The van der Waals surface area contributed by atoms with E-state index in [2.05, 4.69) is 13.2 Å². The van der Waals surface area contributed by atoms with E-state index in [9.17, 15) is 0 Å². The van der Waals surface area contributed by atoms with Crippen LogP contribution in [0.3, 0.4) is 0 Å². The topological polar surface area (TPSA) is 47.6 Å². The smallest absolute Gasteiger partial charge is 0.0694 e. The minimum absolute atomic E-state index is 0.00463. The van der Waals surface area contributed by atoms with Crippen LogP contribution in [0.15, 0.2) is 12.7 Å². The molecule has 0 heterocycles. The summed E-state index contributed by atoms with van der Waals surface area (Å²) in [6, 6.07) is 2.00. The normalized spacial score (nSPS) is 9.25. The van der Waals surface area contributed by atoms with E-state index in [1.807, 2.05) is 6.07 Å². The first-order valence-corrected chi connectivity index (χ1v) is 2.09. The highest BCUT2D eigenvalue weighted by Crippen LogP contribution is 1.87. The van der Waals surface area contributed by atoms with E-state index in [1.165, 1.54) is 0 Å². The number of allylic oxidation sites excluding steroid dienone is 1. The molecular weight excluding hydrogens is 100 g/mol. The van der Waals surface area contributed by atoms with Gasteiger partial charge in [-0.25, -0.2) is 5.26 Å². The summed E-state index contributed by atoms with van der Waals surface area (Å²) in [6.45, 7) is 8.71. The molecule has 0 N–H and O–H groups in total. The molecule has 0 bridgehead atoms. The second-order valence-electron chi connectivity index (χ2n) is 1.15. The van der Waals surface area contributed by atoms with Gasteiger partial charge >= 0.3 is 0 Å². The van der Waals surface area contributed by atoms with Crippen LogP contribution in [0.4, 0.5) is 0 Å². The zero-order valence-corrected chi connectivity index (χ0v) is 4.83. The third-order valence-electron chi connectivity index (χ3n) is 0.557. The molecule has 0 saturated heterocycles. The van der Waals surface area contributed by atoms with Crippen LogP contribution in [0.2, 0.25) is 0 Å². The van der Waals surface area contributed by atoms with Crippen molar-refractivity contribution in [2.24, 2.45) is 5.92 Å². The van der Waals surface area contributed by atoms with Crippen LogP contribution in [0.1, 0.15) is 6.92 Å². The molecule has 0 aromatic rings. The highest BCUT2D eigenvalue weighted by atomic mass is 14.2. The van der Waals surface area contributed by atoms with Gasteiger partial charge in [0.25, 0.3) is 0 Å². The fourth-order valence-electron chi connectivity index (χ4n) is 0.0527. The second-order valence-corrected chi connectivity index (χ2v) is 1.15. The lowest BCUT2D eigenvalue weighted by Crippen LogP contribution is -1.76. The number of hydrogen-bond donors (Lipinski definition) is 0. The van der Waals surface area contributed by atoms with Crippen LogP contribution in [-0.2, 0) is 0 Å². The van der Waals surface area contributed by atoms with Gasteiger partial charge in [0.15, 0.2) is 0 Å². The third kappa shape index (κ3) is 8.83. The van der Waals surface area contributed by atoms with Gasteiger partial charge < -0.3 is 0 Å². The van der Waals surface area contributed by atoms with Crippen molar-refractivity contribution < 1.29 is 0 Å². The minimum Gasteiger partial charge on any atom is -0.202 e. The SMILES string of the molecule is C#N.C=CC(C)C#N. The van der Waals surface area contributed by atoms with Crippen LogP contribution in [-0.4, -0.2) is 0 Å². The molecule has 1 atom stereocenters. The van der Waals surface area contributed by atoms with E-state index in [0.29, 0.717) is 0 Å². The Morgan fingerprint density at radius 1 is 1.75 bits per heavy atom. The molecule has 0 fully saturated rings. The summed E-state index contributed by atoms with van der Waals surface area (Å²) in [6.07, 6.45) is 1.61. The molecule has 0 radical (unpaired) electrons. The van der Waals surface area contributed by atoms with Crippen LogP contribution in [0.5, 0.6) is 0 Å². The molecule has 0 aliphatic carbocycles. The summed E-state index contributed by atoms with van der Waals surface area (Å²) >= 11 is 0. The number of nitrogens with zero attached hydrogens (tertiary/aromatic N) is 2. The Labute approximate surface area is 49.7 Å². The molecule has 42 valence electrons. The molecule has 0 spiro atoms. The Morgan fingerprint density at radius 3 is 2.12 bits per heavy atom. The molecule has 2 nitrogen and oxygen atoms in total. The Bertz CT molecular complexity index is 107. The van der Waals surface area contributed by atoms with Crippen molar-refractivity contribution in [1.29, 1.82) is 10.5 Å². The van der Waals surface area contributed by atoms with E-state index in [1.54, 1.807) is 13.0 Å². The largest absolute Gasteiger partial charge is 0.202 e. The lowest BCUT2D eigenvalue weighted by molar-refractivity contribution is 0.960. The van der Waals surface area contributed by atoms with Crippen LogP contribution in [0.25, 0.3) is 0 Å². The molecule has 0 amide bonds. The van der Waals surface area contributed by atoms with Gasteiger partial charge in [-0.15, -0.1) is 6.58 Å². The maximum Gasteiger partial charge on any atom is 0.0694 e. The number of nitriles is 2. The van der Waals surface area contributed by atoms with Gasteiger partial charge in [-0.2, -0.15) is 5.26 Å². The predicted molar refractivity (Wildman–Crippen MR) is 31.6 cm³/mol. The van der Waals surface area contributed by atoms with Gasteiger partial charge in [0, 0.05) is 6.57 Å². The summed E-state index contributed by atoms with van der Waals surface area (Å²) in [4.78, 5) is 0. The first-order valence-electron chi connectivity index (χ1n) is 2.09. The quantitative estimate of drug-likeness (QED) is 0.477. The molecule has 0 rings (SSSR count). The standard InChI is InChI=1S/C5H7N.CHN/c1-3-5(2)4-6;1-2/h3,5H,1H2,2H3;1H. The van der Waals surface area contributed by atoms with E-state index in [0.717, 1.165) is 0 Å². The molecule has 8 heavy (non-hydrogen) atoms. The van der Waals surface area contributed by atoms with E-state index < -0.39 is 0 Å². The highest BCUT2D eigenvalue weighted by Gasteiger charge is 1.83. The molecule has 0 aromatic carbocycles. The average Bonchev–Trinajstić information content (AvgIpc) is 1.91. The fraction of sp³-hybridized carbons (Fsp3) is 0.333. The highest BCUT2D eigenvalue weighted by molar-refractivity contribution is 4.91. The molecule has 0 aromatic heterocycles. The third-order valence-corrected chi connectivity index (χ3v) is 0.557. The average molecular weight is 108 g/mol. The van der Waals surface area contributed by atoms with Crippen LogP contribution in [0, 0.1) is 29.1 Å². The van der Waals surface area contributed by atoms with Gasteiger partial charge in [-0.1, -0.05) is 6.08 Å². The molecule has 1 unspecified atom stereocenters. The van der Waals surface area contributed by atoms with Crippen LogP contribution < -0.4 is 0 Å². The Kier molecular flexibility index (Phi) is 11.4. The summed E-state index contributed by atoms with van der Waals surface area (Å²) in [5.74, 6) is 0.00463. The van der Waals surface area contributed by atoms with Gasteiger partial charge in [0.2, 0.25) is 0 Å². The fourth-order valence-corrected chi connectivity index (χ4v) is 0.0527. The van der Waals surface area contributed by atoms with Gasteiger partial charge in [-0.05, 0) is 6.92 Å². The zero-order chi connectivity index (χ0) is 6.99. The van der Waals surface area contributed by atoms with E-state index in [-0.39, 0.29) is 5.92 Å². The van der Waals surface area contributed by atoms with E-state index >= 15 is 0 Å². The Hall–Kier alpha value is -1.28. The summed E-state index contributed by atoms with van der Waals surface area (Å²) < 4.78 is 0. The summed E-state index contributed by atoms with van der Waals surface area (Å²) in [7, 11) is 0. The molecule has 0 saturated carbocycles. The van der Waals surface area contributed by atoms with Gasteiger partial charge in [0.05, 0.1) is 12.0 Å². The van der Waals surface area contributed by atoms with Crippen molar-refractivity contribution in [3.05, 3.63) is 12.7 Å². The lowest BCUT2D eigenvalue weighted by atomic mass is 10.2. The van der Waals surface area contributed by atoms with Crippen molar-refractivity contribution in [2.75, 3.05) is 0 Å². The first kappa shape index (κ1) is 9.87. The molecule has 0 aliphatic heterocycles. The van der Waals surface area contributed by atoms with Crippen molar-refractivity contribution in [1.82, 2.24) is 0 Å². The molecular formula is C6H8N2. The second kappa shape index (κ2) is 9.21. The van der Waals surface area contributed by atoms with E-state index in [4.69, 9.17) is 10.5 Å². The zero-order valence-electron chi connectivity index (χ0n) is 4.83. The van der Waals surface area contributed by atoms with Crippen molar-refractivity contribution in [3.8, 4) is 12.6 Å². The van der Waals surface area contributed by atoms with Crippen molar-refractivity contribution >= 4 is 0 Å². The van der Waals surface area contributed by atoms with Crippen LogP contribution >= 0.6 is 0 Å². The predicted octanol–water partition coefficient (Wildman–Crippen LogP) is 1.47. The lowest BCUT2D eigenvalue weighted by Gasteiger charge is -1.80. The Balaban J connectivity index is 0.